The summed E-state index contributed by atoms with van der Waals surface area (Å²) in [6.45, 7) is 2.14. The lowest BCUT2D eigenvalue weighted by Gasteiger charge is -2.26. The topological polar surface area (TPSA) is 66.5 Å². The number of anilines is 1. The Morgan fingerprint density at radius 1 is 1.03 bits per heavy atom. The maximum atomic E-state index is 13.3. The smallest absolute Gasteiger partial charge is 0.264 e. The first kappa shape index (κ1) is 21.3. The number of amides is 1. The van der Waals surface area contributed by atoms with E-state index in [2.05, 4.69) is 5.32 Å². The van der Waals surface area contributed by atoms with Crippen molar-refractivity contribution in [3.63, 3.8) is 0 Å². The predicted octanol–water partition coefficient (Wildman–Crippen LogP) is 4.03. The molecule has 3 rings (SSSR count). The molecular weight excluding hydrogens is 391 g/mol. The van der Waals surface area contributed by atoms with Gasteiger partial charge in [-0.3, -0.25) is 9.10 Å². The third-order valence-electron chi connectivity index (χ3n) is 5.32. The van der Waals surface area contributed by atoms with Crippen molar-refractivity contribution in [2.24, 2.45) is 5.92 Å². The zero-order valence-electron chi connectivity index (χ0n) is 16.6. The fourth-order valence-electron chi connectivity index (χ4n) is 3.60. The number of benzene rings is 2. The van der Waals surface area contributed by atoms with Crippen molar-refractivity contribution >= 4 is 21.6 Å². The molecule has 0 aromatic heterocycles. The minimum absolute atomic E-state index is 0.0560. The first-order valence-corrected chi connectivity index (χ1v) is 11.4. The molecule has 0 radical (unpaired) electrons. The van der Waals surface area contributed by atoms with E-state index in [0.717, 1.165) is 34.8 Å². The van der Waals surface area contributed by atoms with Crippen LogP contribution >= 0.6 is 0 Å². The van der Waals surface area contributed by atoms with Crippen LogP contribution in [0.2, 0.25) is 0 Å². The zero-order valence-corrected chi connectivity index (χ0v) is 17.4. The molecule has 0 saturated heterocycles. The molecule has 1 amide bonds. The molecule has 0 heterocycles. The zero-order chi connectivity index (χ0) is 20.9. The highest BCUT2D eigenvalue weighted by molar-refractivity contribution is 7.92. The number of nitrogens with zero attached hydrogens (tertiary/aromatic N) is 1. The predicted molar refractivity (Wildman–Crippen MR) is 112 cm³/mol. The van der Waals surface area contributed by atoms with Crippen LogP contribution in [-0.4, -0.2) is 27.4 Å². The van der Waals surface area contributed by atoms with Crippen LogP contribution in [-0.2, 0) is 14.8 Å². The van der Waals surface area contributed by atoms with Gasteiger partial charge in [-0.25, -0.2) is 12.8 Å². The largest absolute Gasteiger partial charge is 0.354 e. The fraction of sp³-hybridized carbons (Fsp3) is 0.409. The summed E-state index contributed by atoms with van der Waals surface area (Å²) in [5.41, 5.74) is 1.38. The lowest BCUT2D eigenvalue weighted by atomic mass is 9.89. The summed E-state index contributed by atoms with van der Waals surface area (Å²) >= 11 is 0. The van der Waals surface area contributed by atoms with Gasteiger partial charge in [-0.15, -0.1) is 0 Å². The summed E-state index contributed by atoms with van der Waals surface area (Å²) in [7, 11) is -4.02. The van der Waals surface area contributed by atoms with E-state index in [0.29, 0.717) is 18.2 Å². The van der Waals surface area contributed by atoms with Crippen molar-refractivity contribution < 1.29 is 17.6 Å². The minimum Gasteiger partial charge on any atom is -0.354 e. The van der Waals surface area contributed by atoms with E-state index in [-0.39, 0.29) is 17.3 Å². The molecule has 0 atom stereocenters. The Labute approximate surface area is 172 Å². The lowest BCUT2D eigenvalue weighted by Crippen LogP contribution is -2.42. The number of rotatable bonds is 7. The van der Waals surface area contributed by atoms with Gasteiger partial charge in [-0.1, -0.05) is 37.0 Å². The number of hydrogen-bond donors (Lipinski definition) is 1. The Morgan fingerprint density at radius 2 is 1.66 bits per heavy atom. The molecule has 1 aliphatic rings. The molecule has 156 valence electrons. The van der Waals surface area contributed by atoms with E-state index >= 15 is 0 Å². The number of halogens is 1. The van der Waals surface area contributed by atoms with Gasteiger partial charge in [0, 0.05) is 6.54 Å². The van der Waals surface area contributed by atoms with Crippen molar-refractivity contribution in [2.45, 2.75) is 43.9 Å². The molecule has 7 heteroatoms. The van der Waals surface area contributed by atoms with Crippen LogP contribution in [0.1, 0.15) is 37.7 Å². The quantitative estimate of drug-likeness (QED) is 0.738. The van der Waals surface area contributed by atoms with Crippen LogP contribution in [0.15, 0.2) is 53.4 Å². The Morgan fingerprint density at radius 3 is 2.28 bits per heavy atom. The molecule has 29 heavy (non-hydrogen) atoms. The second-order valence-corrected chi connectivity index (χ2v) is 9.47. The van der Waals surface area contributed by atoms with Crippen LogP contribution < -0.4 is 9.62 Å². The number of hydrogen-bond acceptors (Lipinski definition) is 3. The van der Waals surface area contributed by atoms with Crippen molar-refractivity contribution in [1.29, 1.82) is 0 Å². The highest BCUT2D eigenvalue weighted by Gasteiger charge is 2.27. The summed E-state index contributed by atoms with van der Waals surface area (Å²) < 4.78 is 40.7. The van der Waals surface area contributed by atoms with Crippen molar-refractivity contribution in [2.75, 3.05) is 17.4 Å². The van der Waals surface area contributed by atoms with Gasteiger partial charge in [0.25, 0.3) is 10.0 Å². The number of nitrogens with one attached hydrogen (secondary N) is 1. The summed E-state index contributed by atoms with van der Waals surface area (Å²) in [5.74, 6) is -0.410. The number of aryl methyl sites for hydroxylation is 1. The third-order valence-corrected chi connectivity index (χ3v) is 7.11. The summed E-state index contributed by atoms with van der Waals surface area (Å²) in [5, 5.41) is 2.89. The number of carbonyl (C=O) groups is 1. The van der Waals surface area contributed by atoms with Crippen LogP contribution in [0.5, 0.6) is 0 Å². The van der Waals surface area contributed by atoms with Crippen LogP contribution in [0.3, 0.4) is 0 Å². The molecule has 0 unspecified atom stereocenters. The SMILES string of the molecule is Cc1ccc(N(CC(=O)NCC2CCCCC2)S(=O)(=O)c2ccc(F)cc2)cc1. The Balaban J connectivity index is 1.80. The summed E-state index contributed by atoms with van der Waals surface area (Å²) in [6, 6.07) is 11.6. The molecule has 0 bridgehead atoms. The van der Waals surface area contributed by atoms with Crippen molar-refractivity contribution in [3.8, 4) is 0 Å². The maximum absolute atomic E-state index is 13.3. The van der Waals surface area contributed by atoms with Gasteiger partial charge < -0.3 is 5.32 Å². The van der Waals surface area contributed by atoms with E-state index in [9.17, 15) is 17.6 Å². The van der Waals surface area contributed by atoms with Gasteiger partial charge in [0.05, 0.1) is 10.6 Å². The Hall–Kier alpha value is -2.41. The molecule has 0 aliphatic heterocycles. The van der Waals surface area contributed by atoms with E-state index in [1.165, 1.54) is 31.4 Å². The molecular formula is C22H27FN2O3S. The normalized spacial score (nSPS) is 15.1. The molecule has 2 aromatic carbocycles. The molecule has 1 saturated carbocycles. The van der Waals surface area contributed by atoms with E-state index in [1.54, 1.807) is 24.3 Å². The minimum atomic E-state index is -4.02. The van der Waals surface area contributed by atoms with Crippen molar-refractivity contribution in [3.05, 3.63) is 59.9 Å². The van der Waals surface area contributed by atoms with Crippen molar-refractivity contribution in [1.82, 2.24) is 5.32 Å². The van der Waals surface area contributed by atoms with Gasteiger partial charge in [-0.2, -0.15) is 0 Å². The second kappa shape index (κ2) is 9.39. The first-order chi connectivity index (χ1) is 13.9. The number of carbonyl (C=O) groups excluding carboxylic acids is 1. The van der Waals surface area contributed by atoms with Gasteiger partial charge >= 0.3 is 0 Å². The van der Waals surface area contributed by atoms with Gasteiger partial charge in [0.1, 0.15) is 12.4 Å². The third kappa shape index (κ3) is 5.56. The van der Waals surface area contributed by atoms with E-state index in [4.69, 9.17) is 0 Å². The molecule has 1 fully saturated rings. The monoisotopic (exact) mass is 418 g/mol. The first-order valence-electron chi connectivity index (χ1n) is 9.98. The van der Waals surface area contributed by atoms with Crippen LogP contribution in [0, 0.1) is 18.7 Å². The molecule has 1 N–H and O–H groups in total. The summed E-state index contributed by atoms with van der Waals surface area (Å²) in [6.07, 6.45) is 5.77. The molecule has 1 aliphatic carbocycles. The lowest BCUT2D eigenvalue weighted by molar-refractivity contribution is -0.119. The highest BCUT2D eigenvalue weighted by atomic mass is 32.2. The second-order valence-electron chi connectivity index (χ2n) is 7.61. The number of sulfonamides is 1. The van der Waals surface area contributed by atoms with Gasteiger partial charge in [-0.05, 0) is 62.1 Å². The standard InChI is InChI=1S/C22H27FN2O3S/c1-17-7-11-20(12-8-17)25(29(27,28)21-13-9-19(23)10-14-21)16-22(26)24-15-18-5-3-2-4-6-18/h7-14,18H,2-6,15-16H2,1H3,(H,24,26). The molecule has 2 aromatic rings. The fourth-order valence-corrected chi connectivity index (χ4v) is 5.02. The Bertz CT molecular complexity index is 922. The van der Waals surface area contributed by atoms with Gasteiger partial charge in [0.2, 0.25) is 5.91 Å². The molecule has 5 nitrogen and oxygen atoms in total. The van der Waals surface area contributed by atoms with Crippen LogP contribution in [0.25, 0.3) is 0 Å². The van der Waals surface area contributed by atoms with E-state index in [1.807, 2.05) is 6.92 Å². The van der Waals surface area contributed by atoms with E-state index < -0.39 is 15.8 Å². The van der Waals surface area contributed by atoms with Crippen LogP contribution in [0.4, 0.5) is 10.1 Å². The summed E-state index contributed by atoms with van der Waals surface area (Å²) in [4.78, 5) is 12.5. The average Bonchev–Trinajstić information content (AvgIpc) is 2.72. The van der Waals surface area contributed by atoms with Gasteiger partial charge in [0.15, 0.2) is 0 Å². The maximum Gasteiger partial charge on any atom is 0.264 e. The molecule has 0 spiro atoms. The highest BCUT2D eigenvalue weighted by Crippen LogP contribution is 2.25. The Kier molecular flexibility index (Phi) is 6.90. The average molecular weight is 419 g/mol.